The molecule has 0 aromatic rings. The van der Waals surface area contributed by atoms with E-state index in [1.165, 1.54) is 17.7 Å². The first-order valence-corrected chi connectivity index (χ1v) is 8.86. The minimum Gasteiger partial charge on any atom is -0.395 e. The number of unbranched alkanes of at least 4 members (excludes halogenated alkanes) is 7. The van der Waals surface area contributed by atoms with Gasteiger partial charge in [0.1, 0.15) is 0 Å². The first-order valence-electron chi connectivity index (χ1n) is 8.86. The highest BCUT2D eigenvalue weighted by molar-refractivity contribution is 6.01. The Morgan fingerprint density at radius 3 is 2.00 bits per heavy atom. The first-order chi connectivity index (χ1) is 11.1. The van der Waals surface area contributed by atoms with Crippen molar-refractivity contribution in [2.75, 3.05) is 19.7 Å². The summed E-state index contributed by atoms with van der Waals surface area (Å²) in [5, 5.41) is 11.2. The molecule has 1 rings (SSSR count). The zero-order valence-corrected chi connectivity index (χ0v) is 14.0. The predicted molar refractivity (Wildman–Crippen MR) is 87.6 cm³/mol. The second kappa shape index (κ2) is 12.0. The van der Waals surface area contributed by atoms with Crippen molar-refractivity contribution in [1.29, 1.82) is 0 Å². The molecule has 1 saturated heterocycles. The topological polar surface area (TPSA) is 86.7 Å². The van der Waals surface area contributed by atoms with Crippen LogP contribution in [0.25, 0.3) is 0 Å². The molecule has 0 aliphatic carbocycles. The Hall–Kier alpha value is -1.43. The summed E-state index contributed by atoms with van der Waals surface area (Å²) in [6, 6.07) is 0. The summed E-state index contributed by atoms with van der Waals surface area (Å²) in [5.74, 6) is -0.0129. The highest BCUT2D eigenvalue weighted by Gasteiger charge is 2.27. The van der Waals surface area contributed by atoms with Gasteiger partial charge >= 0.3 is 0 Å². The molecule has 1 aliphatic rings. The molecular weight excluding hydrogens is 296 g/mol. The quantitative estimate of drug-likeness (QED) is 0.399. The van der Waals surface area contributed by atoms with Crippen LogP contribution in [0.4, 0.5) is 0 Å². The monoisotopic (exact) mass is 326 g/mol. The van der Waals surface area contributed by atoms with Gasteiger partial charge in [-0.25, -0.2) is 0 Å². The van der Waals surface area contributed by atoms with Gasteiger partial charge in [-0.2, -0.15) is 0 Å². The molecular formula is C17H30N2O4. The first kappa shape index (κ1) is 19.6. The van der Waals surface area contributed by atoms with Crippen molar-refractivity contribution < 1.29 is 19.5 Å². The molecule has 0 atom stereocenters. The number of hydrogen-bond donors (Lipinski definition) is 2. The molecule has 0 saturated carbocycles. The van der Waals surface area contributed by atoms with Gasteiger partial charge in [0.15, 0.2) is 0 Å². The average molecular weight is 326 g/mol. The number of rotatable bonds is 13. The molecule has 0 aromatic carbocycles. The Kier molecular flexibility index (Phi) is 10.3. The fraction of sp³-hybridized carbons (Fsp3) is 0.824. The van der Waals surface area contributed by atoms with Crippen molar-refractivity contribution in [3.05, 3.63) is 0 Å². The third kappa shape index (κ3) is 8.69. The van der Waals surface area contributed by atoms with E-state index in [-0.39, 0.29) is 24.3 Å². The van der Waals surface area contributed by atoms with E-state index in [2.05, 4.69) is 5.32 Å². The van der Waals surface area contributed by atoms with E-state index >= 15 is 0 Å². The molecule has 6 heteroatoms. The third-order valence-corrected chi connectivity index (χ3v) is 4.12. The van der Waals surface area contributed by atoms with Gasteiger partial charge in [-0.3, -0.25) is 19.3 Å². The van der Waals surface area contributed by atoms with Crippen LogP contribution < -0.4 is 5.32 Å². The second-order valence-corrected chi connectivity index (χ2v) is 6.09. The molecule has 0 spiro atoms. The number of imide groups is 1. The Balaban J connectivity index is 1.84. The molecule has 3 amide bonds. The summed E-state index contributed by atoms with van der Waals surface area (Å²) < 4.78 is 0. The fourth-order valence-electron chi connectivity index (χ4n) is 2.77. The average Bonchev–Trinajstić information content (AvgIpc) is 2.86. The Morgan fingerprint density at radius 2 is 1.43 bits per heavy atom. The Labute approximate surface area is 138 Å². The number of aliphatic hydroxyl groups excluding tert-OH is 1. The predicted octanol–water partition coefficient (Wildman–Crippen LogP) is 1.75. The van der Waals surface area contributed by atoms with Crippen LogP contribution in [0.1, 0.15) is 70.6 Å². The molecule has 6 nitrogen and oxygen atoms in total. The van der Waals surface area contributed by atoms with Crippen LogP contribution in [-0.4, -0.2) is 47.4 Å². The van der Waals surface area contributed by atoms with Crippen LogP contribution >= 0.6 is 0 Å². The summed E-state index contributed by atoms with van der Waals surface area (Å²) in [6.45, 7) is 0.917. The van der Waals surface area contributed by atoms with Gasteiger partial charge in [-0.05, 0) is 12.8 Å². The van der Waals surface area contributed by atoms with Crippen LogP contribution in [0, 0.1) is 0 Å². The lowest BCUT2D eigenvalue weighted by Gasteiger charge is -2.13. The van der Waals surface area contributed by atoms with Gasteiger partial charge < -0.3 is 10.4 Å². The number of carbonyl (C=O) groups excluding carboxylic acids is 3. The van der Waals surface area contributed by atoms with E-state index in [9.17, 15) is 14.4 Å². The van der Waals surface area contributed by atoms with E-state index in [0.29, 0.717) is 32.4 Å². The van der Waals surface area contributed by atoms with E-state index in [4.69, 9.17) is 5.11 Å². The molecule has 0 bridgehead atoms. The molecule has 1 fully saturated rings. The molecule has 2 N–H and O–H groups in total. The van der Waals surface area contributed by atoms with Crippen molar-refractivity contribution in [3.8, 4) is 0 Å². The van der Waals surface area contributed by atoms with Crippen molar-refractivity contribution in [1.82, 2.24) is 10.2 Å². The van der Waals surface area contributed by atoms with Crippen LogP contribution in [0.5, 0.6) is 0 Å². The lowest BCUT2D eigenvalue weighted by atomic mass is 10.1. The smallest absolute Gasteiger partial charge is 0.229 e. The maximum atomic E-state index is 11.4. The summed E-state index contributed by atoms with van der Waals surface area (Å²) >= 11 is 0. The van der Waals surface area contributed by atoms with Gasteiger partial charge in [0.05, 0.1) is 6.61 Å². The number of nitrogens with one attached hydrogen (secondary N) is 1. The number of amides is 3. The van der Waals surface area contributed by atoms with Crippen molar-refractivity contribution in [3.63, 3.8) is 0 Å². The SMILES string of the molecule is O=C(CCCCCCCCCCN1C(=O)CCC1=O)NCCO. The van der Waals surface area contributed by atoms with Crippen LogP contribution in [0.15, 0.2) is 0 Å². The van der Waals surface area contributed by atoms with E-state index in [0.717, 1.165) is 38.5 Å². The maximum Gasteiger partial charge on any atom is 0.229 e. The second-order valence-electron chi connectivity index (χ2n) is 6.09. The van der Waals surface area contributed by atoms with E-state index < -0.39 is 0 Å². The van der Waals surface area contributed by atoms with Crippen LogP contribution in [0.2, 0.25) is 0 Å². The largest absolute Gasteiger partial charge is 0.395 e. The summed E-state index contributed by atoms with van der Waals surface area (Å²) in [7, 11) is 0. The normalized spacial score (nSPS) is 14.6. The number of hydrogen-bond acceptors (Lipinski definition) is 4. The van der Waals surface area contributed by atoms with Gasteiger partial charge in [0, 0.05) is 32.4 Å². The lowest BCUT2D eigenvalue weighted by molar-refractivity contribution is -0.138. The minimum absolute atomic E-state index is 0.00811. The van der Waals surface area contributed by atoms with Crippen molar-refractivity contribution in [2.24, 2.45) is 0 Å². The van der Waals surface area contributed by atoms with Crippen molar-refractivity contribution >= 4 is 17.7 Å². The highest BCUT2D eigenvalue weighted by Crippen LogP contribution is 2.14. The minimum atomic E-state index is -0.0157. The standard InChI is InChI=1S/C17H30N2O4/c20-14-12-18-15(21)9-7-5-3-1-2-4-6-8-13-19-16(22)10-11-17(19)23/h20H,1-14H2,(H,18,21). The zero-order valence-electron chi connectivity index (χ0n) is 14.0. The van der Waals surface area contributed by atoms with Crippen LogP contribution in [0.3, 0.4) is 0 Å². The van der Waals surface area contributed by atoms with Gasteiger partial charge in [-0.15, -0.1) is 0 Å². The third-order valence-electron chi connectivity index (χ3n) is 4.12. The van der Waals surface area contributed by atoms with Gasteiger partial charge in [0.2, 0.25) is 17.7 Å². The van der Waals surface area contributed by atoms with E-state index in [1.54, 1.807) is 0 Å². The van der Waals surface area contributed by atoms with Gasteiger partial charge in [-0.1, -0.05) is 38.5 Å². The molecule has 0 aromatic heterocycles. The molecule has 0 unspecified atom stereocenters. The molecule has 23 heavy (non-hydrogen) atoms. The summed E-state index contributed by atoms with van der Waals surface area (Å²) in [5.41, 5.74) is 0. The molecule has 1 heterocycles. The van der Waals surface area contributed by atoms with E-state index in [1.807, 2.05) is 0 Å². The highest BCUT2D eigenvalue weighted by atomic mass is 16.3. The van der Waals surface area contributed by atoms with Crippen LogP contribution in [-0.2, 0) is 14.4 Å². The number of aliphatic hydroxyl groups is 1. The number of likely N-dealkylation sites (tertiary alicyclic amines) is 1. The fourth-order valence-corrected chi connectivity index (χ4v) is 2.77. The number of nitrogens with zero attached hydrogens (tertiary/aromatic N) is 1. The summed E-state index contributed by atoms with van der Waals surface area (Å²) in [4.78, 5) is 35.5. The Bertz CT molecular complexity index is 369. The summed E-state index contributed by atoms with van der Waals surface area (Å²) in [6.07, 6.45) is 9.83. The molecule has 132 valence electrons. The Morgan fingerprint density at radius 1 is 0.913 bits per heavy atom. The molecule has 1 aliphatic heterocycles. The number of carbonyl (C=O) groups is 3. The lowest BCUT2D eigenvalue weighted by Crippen LogP contribution is -2.29. The zero-order chi connectivity index (χ0) is 16.9. The van der Waals surface area contributed by atoms with Gasteiger partial charge in [0.25, 0.3) is 0 Å². The van der Waals surface area contributed by atoms with Crippen molar-refractivity contribution in [2.45, 2.75) is 70.6 Å². The molecule has 0 radical (unpaired) electrons. The maximum absolute atomic E-state index is 11.4.